The van der Waals surface area contributed by atoms with Crippen molar-refractivity contribution in [2.45, 2.75) is 13.8 Å². The molecule has 0 saturated carbocycles. The Labute approximate surface area is 176 Å². The summed E-state index contributed by atoms with van der Waals surface area (Å²) in [4.78, 5) is 50.7. The molecule has 8 heteroatoms. The zero-order valence-electron chi connectivity index (χ0n) is 16.1. The minimum atomic E-state index is -0.853. The summed E-state index contributed by atoms with van der Waals surface area (Å²) in [6.45, 7) is 3.22. The van der Waals surface area contributed by atoms with Crippen LogP contribution in [0.5, 0.6) is 0 Å². The Hall–Kier alpha value is -3.71. The van der Waals surface area contributed by atoms with Crippen LogP contribution in [-0.2, 0) is 9.59 Å². The number of hydrogen-bond donors (Lipinski definition) is 1. The van der Waals surface area contributed by atoms with Crippen molar-refractivity contribution in [3.63, 3.8) is 0 Å². The van der Waals surface area contributed by atoms with Crippen molar-refractivity contribution in [2.24, 2.45) is 0 Å². The minimum Gasteiger partial charge on any atom is -0.287 e. The molecule has 3 aromatic rings. The number of carbonyl (C=O) groups excluding carboxylic acids is 4. The van der Waals surface area contributed by atoms with Crippen molar-refractivity contribution in [1.82, 2.24) is 9.88 Å². The molecule has 0 bridgehead atoms. The Morgan fingerprint density at radius 3 is 2.53 bits per heavy atom. The van der Waals surface area contributed by atoms with Crippen LogP contribution in [0.15, 0.2) is 54.2 Å². The monoisotopic (exact) mass is 421 g/mol. The van der Waals surface area contributed by atoms with Gasteiger partial charge in [-0.2, -0.15) is 0 Å². The lowest BCUT2D eigenvalue weighted by Crippen LogP contribution is -2.54. The van der Waals surface area contributed by atoms with Gasteiger partial charge in [0, 0.05) is 29.1 Å². The van der Waals surface area contributed by atoms with E-state index in [0.29, 0.717) is 21.5 Å². The highest BCUT2D eigenvalue weighted by Gasteiger charge is 2.37. The molecule has 2 heterocycles. The highest BCUT2D eigenvalue weighted by atomic mass is 35.5. The number of fused-ring (bicyclic) bond motifs is 1. The number of urea groups is 1. The van der Waals surface area contributed by atoms with Crippen molar-refractivity contribution >= 4 is 58.0 Å². The predicted octanol–water partition coefficient (Wildman–Crippen LogP) is 3.93. The molecule has 1 aliphatic rings. The van der Waals surface area contributed by atoms with Crippen LogP contribution in [0, 0.1) is 6.92 Å². The molecule has 0 radical (unpaired) electrons. The predicted molar refractivity (Wildman–Crippen MR) is 113 cm³/mol. The Balaban J connectivity index is 1.83. The van der Waals surface area contributed by atoms with Crippen molar-refractivity contribution in [3.8, 4) is 0 Å². The second-order valence-electron chi connectivity index (χ2n) is 6.88. The van der Waals surface area contributed by atoms with E-state index < -0.39 is 17.8 Å². The zero-order chi connectivity index (χ0) is 21.6. The second-order valence-corrected chi connectivity index (χ2v) is 7.29. The maximum Gasteiger partial charge on any atom is 0.335 e. The fourth-order valence-electron chi connectivity index (χ4n) is 3.35. The van der Waals surface area contributed by atoms with Gasteiger partial charge in [-0.25, -0.2) is 9.69 Å². The van der Waals surface area contributed by atoms with Gasteiger partial charge in [0.05, 0.1) is 11.2 Å². The lowest BCUT2D eigenvalue weighted by atomic mass is 10.1. The maximum absolute atomic E-state index is 13.1. The van der Waals surface area contributed by atoms with Gasteiger partial charge in [0.25, 0.3) is 11.8 Å². The SMILES string of the molecule is CC(=O)n1cc(C=C2C(=O)NC(=O)N(c3ccc(C)c(Cl)c3)C2=O)c2ccccc21. The quantitative estimate of drug-likeness (QED) is 0.501. The molecule has 1 aromatic heterocycles. The van der Waals surface area contributed by atoms with E-state index in [9.17, 15) is 19.2 Å². The third-order valence-corrected chi connectivity index (χ3v) is 5.30. The molecule has 1 aliphatic heterocycles. The van der Waals surface area contributed by atoms with Gasteiger partial charge < -0.3 is 0 Å². The number of nitrogens with one attached hydrogen (secondary N) is 1. The molecule has 7 nitrogen and oxygen atoms in total. The highest BCUT2D eigenvalue weighted by molar-refractivity contribution is 6.39. The number of imide groups is 2. The first-order valence-corrected chi connectivity index (χ1v) is 9.44. The summed E-state index contributed by atoms with van der Waals surface area (Å²) in [5.41, 5.74) is 1.97. The molecule has 4 amide bonds. The average Bonchev–Trinajstić information content (AvgIpc) is 3.07. The van der Waals surface area contributed by atoms with Gasteiger partial charge in [-0.05, 0) is 36.8 Å². The highest BCUT2D eigenvalue weighted by Crippen LogP contribution is 2.28. The third kappa shape index (κ3) is 3.19. The first-order chi connectivity index (χ1) is 14.3. The Morgan fingerprint density at radius 1 is 1.10 bits per heavy atom. The number of nitrogens with zero attached hydrogens (tertiary/aromatic N) is 2. The van der Waals surface area contributed by atoms with Crippen molar-refractivity contribution in [2.75, 3.05) is 4.90 Å². The van der Waals surface area contributed by atoms with Crippen molar-refractivity contribution < 1.29 is 19.2 Å². The number of rotatable bonds is 2. The van der Waals surface area contributed by atoms with E-state index >= 15 is 0 Å². The molecule has 0 aliphatic carbocycles. The molecule has 1 fully saturated rings. The van der Waals surface area contributed by atoms with Gasteiger partial charge in [-0.15, -0.1) is 0 Å². The molecule has 0 atom stereocenters. The van der Waals surface area contributed by atoms with E-state index in [1.165, 1.54) is 23.6 Å². The van der Waals surface area contributed by atoms with E-state index in [2.05, 4.69) is 5.32 Å². The Morgan fingerprint density at radius 2 is 1.83 bits per heavy atom. The summed E-state index contributed by atoms with van der Waals surface area (Å²) in [5.74, 6) is -1.79. The second kappa shape index (κ2) is 7.27. The number of benzene rings is 2. The minimum absolute atomic E-state index is 0.207. The van der Waals surface area contributed by atoms with Gasteiger partial charge in [-0.1, -0.05) is 35.9 Å². The average molecular weight is 422 g/mol. The number of amides is 4. The van der Waals surface area contributed by atoms with E-state index in [1.807, 2.05) is 0 Å². The van der Waals surface area contributed by atoms with Gasteiger partial charge in [0.2, 0.25) is 5.91 Å². The lowest BCUT2D eigenvalue weighted by Gasteiger charge is -2.26. The van der Waals surface area contributed by atoms with Crippen molar-refractivity contribution in [3.05, 3.63) is 70.4 Å². The van der Waals surface area contributed by atoms with Crippen LogP contribution in [-0.4, -0.2) is 28.3 Å². The molecule has 0 unspecified atom stereocenters. The van der Waals surface area contributed by atoms with E-state index in [1.54, 1.807) is 49.5 Å². The van der Waals surface area contributed by atoms with Crippen LogP contribution < -0.4 is 10.2 Å². The van der Waals surface area contributed by atoms with Crippen LogP contribution in [0.25, 0.3) is 17.0 Å². The topological polar surface area (TPSA) is 88.5 Å². The fraction of sp³-hybridized carbons (Fsp3) is 0.0909. The van der Waals surface area contributed by atoms with E-state index in [-0.39, 0.29) is 17.2 Å². The first kappa shape index (κ1) is 19.6. The normalized spacial score (nSPS) is 15.8. The molecule has 30 heavy (non-hydrogen) atoms. The number of para-hydroxylation sites is 1. The summed E-state index contributed by atoms with van der Waals surface area (Å²) >= 11 is 6.14. The van der Waals surface area contributed by atoms with Crippen LogP contribution in [0.4, 0.5) is 10.5 Å². The van der Waals surface area contributed by atoms with Crippen molar-refractivity contribution in [1.29, 1.82) is 0 Å². The molecule has 0 spiro atoms. The molecule has 2 aromatic carbocycles. The summed E-state index contributed by atoms with van der Waals surface area (Å²) in [5, 5.41) is 3.27. The summed E-state index contributed by atoms with van der Waals surface area (Å²) < 4.78 is 1.44. The number of aryl methyl sites for hydroxylation is 1. The van der Waals surface area contributed by atoms with Crippen LogP contribution >= 0.6 is 11.6 Å². The van der Waals surface area contributed by atoms with Gasteiger partial charge in [-0.3, -0.25) is 24.3 Å². The Bertz CT molecular complexity index is 1290. The molecule has 1 saturated heterocycles. The molecular weight excluding hydrogens is 406 g/mol. The smallest absolute Gasteiger partial charge is 0.287 e. The number of hydrogen-bond acceptors (Lipinski definition) is 4. The number of anilines is 1. The number of barbiturate groups is 1. The van der Waals surface area contributed by atoms with Gasteiger partial charge >= 0.3 is 6.03 Å². The first-order valence-electron chi connectivity index (χ1n) is 9.06. The van der Waals surface area contributed by atoms with Crippen LogP contribution in [0.3, 0.4) is 0 Å². The van der Waals surface area contributed by atoms with E-state index in [0.717, 1.165) is 10.5 Å². The molecular formula is C22H16ClN3O4. The third-order valence-electron chi connectivity index (χ3n) is 4.90. The number of halogens is 1. The number of aromatic nitrogens is 1. The molecule has 150 valence electrons. The summed E-state index contributed by atoms with van der Waals surface area (Å²) in [7, 11) is 0. The van der Waals surface area contributed by atoms with Gasteiger partial charge in [0.1, 0.15) is 5.57 Å². The van der Waals surface area contributed by atoms with Crippen LogP contribution in [0.1, 0.15) is 22.8 Å². The standard InChI is InChI=1S/C22H16ClN3O4/c1-12-7-8-15(10-18(12)23)26-21(29)17(20(28)24-22(26)30)9-14-11-25(13(2)27)19-6-4-3-5-16(14)19/h3-11H,1-2H3,(H,24,28,30). The summed E-state index contributed by atoms with van der Waals surface area (Å²) in [6, 6.07) is 11.0. The van der Waals surface area contributed by atoms with E-state index in [4.69, 9.17) is 11.6 Å². The van der Waals surface area contributed by atoms with Crippen LogP contribution in [0.2, 0.25) is 5.02 Å². The molecule has 1 N–H and O–H groups in total. The molecule has 4 rings (SSSR count). The Kier molecular flexibility index (Phi) is 4.75. The lowest BCUT2D eigenvalue weighted by molar-refractivity contribution is -0.122. The van der Waals surface area contributed by atoms with Gasteiger partial charge in [0.15, 0.2) is 0 Å². The number of carbonyl (C=O) groups is 4. The summed E-state index contributed by atoms with van der Waals surface area (Å²) in [6.07, 6.45) is 2.94. The maximum atomic E-state index is 13.1. The largest absolute Gasteiger partial charge is 0.335 e. The zero-order valence-corrected chi connectivity index (χ0v) is 16.9. The fourth-order valence-corrected chi connectivity index (χ4v) is 3.52.